The molecule has 0 bridgehead atoms. The molecule has 0 heterocycles. The normalized spacial score (nSPS) is 16.6. The summed E-state index contributed by atoms with van der Waals surface area (Å²) in [5.41, 5.74) is -1.44. The second kappa shape index (κ2) is 7.49. The Balaban J connectivity index is 0.000000325. The van der Waals surface area contributed by atoms with Crippen molar-refractivity contribution in [1.82, 2.24) is 0 Å². The second-order valence-corrected chi connectivity index (χ2v) is 4.32. The number of rotatable bonds is 5. The van der Waals surface area contributed by atoms with E-state index in [0.29, 0.717) is 6.42 Å². The average Bonchev–Trinajstić information content (AvgIpc) is 2.12. The summed E-state index contributed by atoms with van der Waals surface area (Å²) in [6, 6.07) is 0. The number of aliphatic carboxylic acids is 2. The van der Waals surface area contributed by atoms with Gasteiger partial charge in [-0.1, -0.05) is 19.8 Å². The minimum absolute atomic E-state index is 0.275. The molecule has 1 fully saturated rings. The number of carbonyl (C=O) groups is 2. The zero-order valence-corrected chi connectivity index (χ0v) is 10.3. The molecule has 0 aliphatic heterocycles. The molecule has 94 valence electrons. The zero-order chi connectivity index (χ0) is 12.6. The van der Waals surface area contributed by atoms with Gasteiger partial charge in [-0.15, -0.1) is 11.6 Å². The third kappa shape index (κ3) is 4.00. The molecule has 2 N–H and O–H groups in total. The maximum Gasteiger partial charge on any atom is 0.321 e. The second-order valence-electron chi connectivity index (χ2n) is 3.94. The maximum atomic E-state index is 10.4. The Hall–Kier alpha value is -0.770. The van der Waals surface area contributed by atoms with Gasteiger partial charge in [0.15, 0.2) is 5.41 Å². The van der Waals surface area contributed by atoms with Crippen molar-refractivity contribution in [2.75, 3.05) is 5.88 Å². The SMILES string of the molecule is CCCCCCl.O=C(O)C1(C(=O)O)CCC1. The summed E-state index contributed by atoms with van der Waals surface area (Å²) in [5.74, 6) is -1.58. The minimum atomic E-state index is -1.44. The molecule has 0 unspecified atom stereocenters. The molecule has 1 aliphatic rings. The Morgan fingerprint density at radius 2 is 1.69 bits per heavy atom. The molecule has 0 spiro atoms. The van der Waals surface area contributed by atoms with Crippen molar-refractivity contribution in [3.8, 4) is 0 Å². The van der Waals surface area contributed by atoms with Crippen molar-refractivity contribution in [2.24, 2.45) is 5.41 Å². The average molecular weight is 251 g/mol. The molecule has 1 saturated carbocycles. The summed E-state index contributed by atoms with van der Waals surface area (Å²) in [6.07, 6.45) is 4.99. The highest BCUT2D eigenvalue weighted by Gasteiger charge is 2.51. The number of hydrogen-bond acceptors (Lipinski definition) is 2. The van der Waals surface area contributed by atoms with Gasteiger partial charge in [-0.05, 0) is 25.7 Å². The molecule has 5 heteroatoms. The largest absolute Gasteiger partial charge is 0.480 e. The van der Waals surface area contributed by atoms with Crippen LogP contribution >= 0.6 is 11.6 Å². The first-order chi connectivity index (χ1) is 7.51. The van der Waals surface area contributed by atoms with E-state index >= 15 is 0 Å². The van der Waals surface area contributed by atoms with Crippen LogP contribution < -0.4 is 0 Å². The Bertz CT molecular complexity index is 216. The molecule has 0 amide bonds. The summed E-state index contributed by atoms with van der Waals surface area (Å²) in [4.78, 5) is 20.7. The van der Waals surface area contributed by atoms with E-state index in [1.54, 1.807) is 0 Å². The van der Waals surface area contributed by atoms with E-state index in [-0.39, 0.29) is 12.8 Å². The number of carboxylic acids is 2. The Kier molecular flexibility index (Phi) is 7.13. The summed E-state index contributed by atoms with van der Waals surface area (Å²) >= 11 is 5.38. The quantitative estimate of drug-likeness (QED) is 0.447. The fourth-order valence-electron chi connectivity index (χ4n) is 1.39. The number of carboxylic acid groups (broad SMARTS) is 2. The topological polar surface area (TPSA) is 74.6 Å². The molecular formula is C11H19ClO4. The molecule has 0 aromatic carbocycles. The zero-order valence-electron chi connectivity index (χ0n) is 9.54. The minimum Gasteiger partial charge on any atom is -0.480 e. The van der Waals surface area contributed by atoms with Gasteiger partial charge in [0.1, 0.15) is 0 Å². The van der Waals surface area contributed by atoms with Gasteiger partial charge in [0.2, 0.25) is 0 Å². The van der Waals surface area contributed by atoms with Gasteiger partial charge in [0.05, 0.1) is 0 Å². The van der Waals surface area contributed by atoms with Crippen LogP contribution in [-0.4, -0.2) is 28.0 Å². The first-order valence-electron chi connectivity index (χ1n) is 5.54. The van der Waals surface area contributed by atoms with Crippen molar-refractivity contribution >= 4 is 23.5 Å². The van der Waals surface area contributed by atoms with Crippen molar-refractivity contribution in [3.05, 3.63) is 0 Å². The van der Waals surface area contributed by atoms with Crippen LogP contribution in [0.5, 0.6) is 0 Å². The lowest BCUT2D eigenvalue weighted by Crippen LogP contribution is -2.44. The first kappa shape index (κ1) is 15.2. The highest BCUT2D eigenvalue weighted by Crippen LogP contribution is 2.41. The standard InChI is InChI=1S/C6H8O4.C5H11Cl/c7-4(8)6(5(9)10)2-1-3-6;1-2-3-4-5-6/h1-3H2,(H,7,8)(H,9,10);2-5H2,1H3. The van der Waals surface area contributed by atoms with Crippen molar-refractivity contribution in [2.45, 2.75) is 45.4 Å². The van der Waals surface area contributed by atoms with E-state index in [9.17, 15) is 9.59 Å². The molecule has 0 radical (unpaired) electrons. The highest BCUT2D eigenvalue weighted by atomic mass is 35.5. The third-order valence-corrected chi connectivity index (χ3v) is 3.03. The van der Waals surface area contributed by atoms with E-state index in [1.807, 2.05) is 0 Å². The van der Waals surface area contributed by atoms with E-state index in [2.05, 4.69) is 6.92 Å². The van der Waals surface area contributed by atoms with Gasteiger partial charge in [-0.3, -0.25) is 9.59 Å². The summed E-state index contributed by atoms with van der Waals surface area (Å²) in [7, 11) is 0. The summed E-state index contributed by atoms with van der Waals surface area (Å²) in [6.45, 7) is 2.17. The molecule has 4 nitrogen and oxygen atoms in total. The first-order valence-corrected chi connectivity index (χ1v) is 6.07. The fourth-order valence-corrected chi connectivity index (χ4v) is 1.58. The van der Waals surface area contributed by atoms with Crippen LogP contribution in [-0.2, 0) is 9.59 Å². The van der Waals surface area contributed by atoms with Crippen LogP contribution in [0.15, 0.2) is 0 Å². The molecule has 0 aromatic heterocycles. The third-order valence-electron chi connectivity index (χ3n) is 2.76. The Morgan fingerprint density at radius 1 is 1.19 bits per heavy atom. The molecule has 0 atom stereocenters. The van der Waals surface area contributed by atoms with E-state index < -0.39 is 17.4 Å². The molecule has 1 rings (SSSR count). The highest BCUT2D eigenvalue weighted by molar-refractivity contribution is 6.17. The van der Waals surface area contributed by atoms with Crippen LogP contribution in [0.2, 0.25) is 0 Å². The lowest BCUT2D eigenvalue weighted by atomic mass is 9.69. The molecule has 0 aromatic rings. The van der Waals surface area contributed by atoms with Crippen molar-refractivity contribution in [3.63, 3.8) is 0 Å². The van der Waals surface area contributed by atoms with Crippen LogP contribution in [0.1, 0.15) is 45.4 Å². The fraction of sp³-hybridized carbons (Fsp3) is 0.818. The molecular weight excluding hydrogens is 232 g/mol. The Morgan fingerprint density at radius 3 is 1.75 bits per heavy atom. The number of hydrogen-bond donors (Lipinski definition) is 2. The number of alkyl halides is 1. The van der Waals surface area contributed by atoms with Crippen molar-refractivity contribution < 1.29 is 19.8 Å². The van der Waals surface area contributed by atoms with Crippen molar-refractivity contribution in [1.29, 1.82) is 0 Å². The van der Waals surface area contributed by atoms with E-state index in [4.69, 9.17) is 21.8 Å². The van der Waals surface area contributed by atoms with Gasteiger partial charge < -0.3 is 10.2 Å². The van der Waals surface area contributed by atoms with Gasteiger partial charge in [-0.25, -0.2) is 0 Å². The lowest BCUT2D eigenvalue weighted by molar-refractivity contribution is -0.171. The van der Waals surface area contributed by atoms with Gasteiger partial charge in [-0.2, -0.15) is 0 Å². The molecule has 16 heavy (non-hydrogen) atoms. The smallest absolute Gasteiger partial charge is 0.321 e. The Labute approximate surface area is 101 Å². The van der Waals surface area contributed by atoms with Crippen LogP contribution in [0.4, 0.5) is 0 Å². The predicted octanol–water partition coefficient (Wildman–Crippen LogP) is 2.74. The van der Waals surface area contributed by atoms with Crippen LogP contribution in [0.25, 0.3) is 0 Å². The number of unbranched alkanes of at least 4 members (excludes halogenated alkanes) is 2. The maximum absolute atomic E-state index is 10.4. The van der Waals surface area contributed by atoms with E-state index in [1.165, 1.54) is 19.3 Å². The molecule has 1 aliphatic carbocycles. The van der Waals surface area contributed by atoms with Crippen LogP contribution in [0.3, 0.4) is 0 Å². The number of halogens is 1. The van der Waals surface area contributed by atoms with Gasteiger partial charge in [0, 0.05) is 5.88 Å². The summed E-state index contributed by atoms with van der Waals surface area (Å²) in [5, 5.41) is 16.9. The lowest BCUT2D eigenvalue weighted by Gasteiger charge is -2.32. The van der Waals surface area contributed by atoms with Gasteiger partial charge in [0.25, 0.3) is 0 Å². The predicted molar refractivity (Wildman–Crippen MR) is 61.8 cm³/mol. The molecule has 0 saturated heterocycles. The van der Waals surface area contributed by atoms with E-state index in [0.717, 1.165) is 5.88 Å². The summed E-state index contributed by atoms with van der Waals surface area (Å²) < 4.78 is 0. The monoisotopic (exact) mass is 250 g/mol. The van der Waals surface area contributed by atoms with Gasteiger partial charge >= 0.3 is 11.9 Å². The van der Waals surface area contributed by atoms with Crippen LogP contribution in [0, 0.1) is 5.41 Å².